The zero-order valence-electron chi connectivity index (χ0n) is 11.7. The van der Waals surface area contributed by atoms with E-state index < -0.39 is 11.9 Å². The van der Waals surface area contributed by atoms with Crippen molar-refractivity contribution in [2.45, 2.75) is 38.7 Å². The summed E-state index contributed by atoms with van der Waals surface area (Å²) in [5.74, 6) is -0.117. The molecule has 5 heteroatoms. The summed E-state index contributed by atoms with van der Waals surface area (Å²) >= 11 is 0. The molecule has 2 rings (SSSR count). The van der Waals surface area contributed by atoms with Gasteiger partial charge in [0.15, 0.2) is 0 Å². The second-order valence-electron chi connectivity index (χ2n) is 5.33. The van der Waals surface area contributed by atoms with Crippen molar-refractivity contribution in [2.24, 2.45) is 5.92 Å². The number of carbonyl (C=O) groups excluding carboxylic acids is 1. The van der Waals surface area contributed by atoms with Gasteiger partial charge in [0, 0.05) is 12.3 Å². The molecule has 1 amide bonds. The lowest BCUT2D eigenvalue weighted by Gasteiger charge is -2.25. The topological polar surface area (TPSA) is 64.3 Å². The first kappa shape index (κ1) is 14.8. The van der Waals surface area contributed by atoms with E-state index in [0.29, 0.717) is 12.3 Å². The van der Waals surface area contributed by atoms with Crippen LogP contribution in [0.1, 0.15) is 32.6 Å². The number of benzene rings is 1. The first-order chi connectivity index (χ1) is 9.56. The zero-order valence-corrected chi connectivity index (χ0v) is 11.7. The third-order valence-electron chi connectivity index (χ3n) is 3.74. The molecule has 0 radical (unpaired) electrons. The number of anilines is 2. The van der Waals surface area contributed by atoms with E-state index in [-0.39, 0.29) is 11.6 Å². The highest BCUT2D eigenvalue weighted by Gasteiger charge is 2.19. The molecule has 0 aliphatic heterocycles. The Hall–Kier alpha value is -1.62. The Balaban J connectivity index is 1.79. The molecule has 0 bridgehead atoms. The van der Waals surface area contributed by atoms with Crippen LogP contribution in [0.25, 0.3) is 0 Å². The summed E-state index contributed by atoms with van der Waals surface area (Å²) in [6, 6.07) is 4.07. The van der Waals surface area contributed by atoms with Crippen molar-refractivity contribution < 1.29 is 13.9 Å². The summed E-state index contributed by atoms with van der Waals surface area (Å²) in [5.41, 5.74) is 6.06. The molecule has 4 nitrogen and oxygen atoms in total. The van der Waals surface area contributed by atoms with Gasteiger partial charge in [0.05, 0.1) is 5.69 Å². The van der Waals surface area contributed by atoms with E-state index in [0.717, 1.165) is 12.3 Å². The first-order valence-electron chi connectivity index (χ1n) is 7.03. The van der Waals surface area contributed by atoms with E-state index in [1.54, 1.807) is 6.92 Å². The van der Waals surface area contributed by atoms with Crippen LogP contribution < -0.4 is 11.1 Å². The van der Waals surface area contributed by atoms with Crippen LogP contribution >= 0.6 is 0 Å². The molecule has 20 heavy (non-hydrogen) atoms. The second-order valence-corrected chi connectivity index (χ2v) is 5.33. The fourth-order valence-electron chi connectivity index (χ4n) is 2.14. The van der Waals surface area contributed by atoms with Gasteiger partial charge in [-0.1, -0.05) is 19.3 Å². The van der Waals surface area contributed by atoms with Crippen LogP contribution in [0.15, 0.2) is 18.2 Å². The van der Waals surface area contributed by atoms with Crippen LogP contribution in [0.3, 0.4) is 0 Å². The molecule has 1 aromatic carbocycles. The number of ether oxygens (including phenoxy) is 1. The minimum atomic E-state index is -0.601. The Morgan fingerprint density at radius 3 is 2.95 bits per heavy atom. The minimum absolute atomic E-state index is 0.0874. The number of amides is 1. The molecule has 1 aliphatic carbocycles. The van der Waals surface area contributed by atoms with Crippen molar-refractivity contribution >= 4 is 17.3 Å². The number of halogens is 1. The SMILES string of the molecule is CC(OCCC1CCC1)C(=O)Nc1cc(N)ccc1F. The lowest BCUT2D eigenvalue weighted by atomic mass is 9.83. The maximum Gasteiger partial charge on any atom is 0.253 e. The maximum absolute atomic E-state index is 13.5. The largest absolute Gasteiger partial charge is 0.399 e. The maximum atomic E-state index is 13.5. The van der Waals surface area contributed by atoms with Gasteiger partial charge in [-0.3, -0.25) is 4.79 Å². The van der Waals surface area contributed by atoms with Crippen LogP contribution in [-0.2, 0) is 9.53 Å². The predicted molar refractivity (Wildman–Crippen MR) is 76.8 cm³/mol. The Labute approximate surface area is 118 Å². The molecule has 0 aromatic heterocycles. The number of nitrogens with two attached hydrogens (primary N) is 1. The van der Waals surface area contributed by atoms with Gasteiger partial charge in [-0.2, -0.15) is 0 Å². The Morgan fingerprint density at radius 1 is 1.55 bits per heavy atom. The van der Waals surface area contributed by atoms with Crippen molar-refractivity contribution in [3.63, 3.8) is 0 Å². The first-order valence-corrected chi connectivity index (χ1v) is 7.03. The molecular weight excluding hydrogens is 259 g/mol. The number of hydrogen-bond acceptors (Lipinski definition) is 3. The van der Waals surface area contributed by atoms with Gasteiger partial charge in [-0.05, 0) is 37.5 Å². The summed E-state index contributed by atoms with van der Waals surface area (Å²) in [6.07, 6.45) is 4.22. The summed E-state index contributed by atoms with van der Waals surface area (Å²) in [4.78, 5) is 11.9. The molecule has 1 fully saturated rings. The summed E-state index contributed by atoms with van der Waals surface area (Å²) in [7, 11) is 0. The molecule has 3 N–H and O–H groups in total. The number of hydrogen-bond donors (Lipinski definition) is 2. The standard InChI is InChI=1S/C15H21FN2O2/c1-10(20-8-7-11-3-2-4-11)15(19)18-14-9-12(17)5-6-13(14)16/h5-6,9-11H,2-4,7-8,17H2,1H3,(H,18,19). The molecule has 0 spiro atoms. The van der Waals surface area contributed by atoms with Gasteiger partial charge in [0.2, 0.25) is 0 Å². The molecular formula is C15H21FN2O2. The highest BCUT2D eigenvalue weighted by molar-refractivity contribution is 5.94. The summed E-state index contributed by atoms with van der Waals surface area (Å²) < 4.78 is 19.0. The van der Waals surface area contributed by atoms with E-state index in [1.807, 2.05) is 0 Å². The van der Waals surface area contributed by atoms with Crippen molar-refractivity contribution in [3.05, 3.63) is 24.0 Å². The van der Waals surface area contributed by atoms with Crippen molar-refractivity contribution in [1.29, 1.82) is 0 Å². The van der Waals surface area contributed by atoms with Gasteiger partial charge in [-0.25, -0.2) is 4.39 Å². The van der Waals surface area contributed by atoms with Gasteiger partial charge in [0.1, 0.15) is 11.9 Å². The number of nitrogen functional groups attached to an aromatic ring is 1. The molecule has 1 aliphatic rings. The van der Waals surface area contributed by atoms with Crippen molar-refractivity contribution in [3.8, 4) is 0 Å². The number of rotatable bonds is 6. The molecule has 0 saturated heterocycles. The molecule has 1 saturated carbocycles. The Morgan fingerprint density at radius 2 is 2.30 bits per heavy atom. The highest BCUT2D eigenvalue weighted by Crippen LogP contribution is 2.29. The lowest BCUT2D eigenvalue weighted by Crippen LogP contribution is -2.29. The average Bonchev–Trinajstić information content (AvgIpc) is 2.36. The predicted octanol–water partition coefficient (Wildman–Crippen LogP) is 2.94. The fraction of sp³-hybridized carbons (Fsp3) is 0.533. The third-order valence-corrected chi connectivity index (χ3v) is 3.74. The van der Waals surface area contributed by atoms with Crippen LogP contribution in [0.2, 0.25) is 0 Å². The molecule has 1 aromatic rings. The van der Waals surface area contributed by atoms with E-state index in [1.165, 1.54) is 37.5 Å². The molecule has 1 unspecified atom stereocenters. The minimum Gasteiger partial charge on any atom is -0.399 e. The summed E-state index contributed by atoms with van der Waals surface area (Å²) in [6.45, 7) is 2.24. The second kappa shape index (κ2) is 6.70. The lowest BCUT2D eigenvalue weighted by molar-refractivity contribution is -0.126. The van der Waals surface area contributed by atoms with Crippen molar-refractivity contribution in [2.75, 3.05) is 17.7 Å². The third kappa shape index (κ3) is 3.93. The summed E-state index contributed by atoms with van der Waals surface area (Å²) in [5, 5.41) is 2.50. The number of carbonyl (C=O) groups is 1. The van der Waals surface area contributed by atoms with Crippen LogP contribution in [-0.4, -0.2) is 18.6 Å². The van der Waals surface area contributed by atoms with E-state index in [2.05, 4.69) is 5.32 Å². The zero-order chi connectivity index (χ0) is 14.5. The van der Waals surface area contributed by atoms with E-state index in [9.17, 15) is 9.18 Å². The van der Waals surface area contributed by atoms with E-state index >= 15 is 0 Å². The Bertz CT molecular complexity index is 475. The highest BCUT2D eigenvalue weighted by atomic mass is 19.1. The van der Waals surface area contributed by atoms with E-state index in [4.69, 9.17) is 10.5 Å². The smallest absolute Gasteiger partial charge is 0.253 e. The van der Waals surface area contributed by atoms with Gasteiger partial charge >= 0.3 is 0 Å². The molecule has 1 atom stereocenters. The van der Waals surface area contributed by atoms with Crippen LogP contribution in [0, 0.1) is 11.7 Å². The normalized spacial score (nSPS) is 16.5. The van der Waals surface area contributed by atoms with Gasteiger partial charge < -0.3 is 15.8 Å². The average molecular weight is 280 g/mol. The van der Waals surface area contributed by atoms with Gasteiger partial charge in [-0.15, -0.1) is 0 Å². The Kier molecular flexibility index (Phi) is 4.95. The quantitative estimate of drug-likeness (QED) is 0.787. The van der Waals surface area contributed by atoms with Crippen LogP contribution in [0.4, 0.5) is 15.8 Å². The monoisotopic (exact) mass is 280 g/mol. The van der Waals surface area contributed by atoms with Crippen molar-refractivity contribution in [1.82, 2.24) is 0 Å². The molecule has 0 heterocycles. The van der Waals surface area contributed by atoms with Crippen LogP contribution in [0.5, 0.6) is 0 Å². The van der Waals surface area contributed by atoms with Gasteiger partial charge in [0.25, 0.3) is 5.91 Å². The number of nitrogens with one attached hydrogen (secondary N) is 1. The fourth-order valence-corrected chi connectivity index (χ4v) is 2.14. The molecule has 110 valence electrons.